The van der Waals surface area contributed by atoms with Crippen molar-refractivity contribution in [2.75, 3.05) is 12.9 Å². The number of hydrazone groups is 1. The van der Waals surface area contributed by atoms with Gasteiger partial charge in [-0.2, -0.15) is 5.10 Å². The Labute approximate surface area is 208 Å². The lowest BCUT2D eigenvalue weighted by Crippen LogP contribution is -2.20. The van der Waals surface area contributed by atoms with Gasteiger partial charge in [0.1, 0.15) is 11.6 Å². The second-order valence-corrected chi connectivity index (χ2v) is 8.81. The molecule has 0 unspecified atom stereocenters. The van der Waals surface area contributed by atoms with E-state index in [9.17, 15) is 9.18 Å². The molecule has 1 N–H and O–H groups in total. The van der Waals surface area contributed by atoms with Crippen LogP contribution < -0.4 is 10.2 Å². The van der Waals surface area contributed by atoms with Crippen molar-refractivity contribution in [3.63, 3.8) is 0 Å². The zero-order valence-electron chi connectivity index (χ0n) is 18.0. The van der Waals surface area contributed by atoms with Crippen LogP contribution in [0.1, 0.15) is 5.56 Å². The van der Waals surface area contributed by atoms with E-state index in [0.717, 1.165) is 17.0 Å². The zero-order chi connectivity index (χ0) is 23.9. The van der Waals surface area contributed by atoms with Gasteiger partial charge in [-0.3, -0.25) is 9.36 Å². The summed E-state index contributed by atoms with van der Waals surface area (Å²) in [6.45, 7) is 0. The van der Waals surface area contributed by atoms with Gasteiger partial charge in [0.25, 0.3) is 5.91 Å². The Morgan fingerprint density at radius 1 is 1.15 bits per heavy atom. The van der Waals surface area contributed by atoms with Crippen molar-refractivity contribution in [2.24, 2.45) is 5.10 Å². The van der Waals surface area contributed by atoms with E-state index in [1.54, 1.807) is 19.2 Å². The van der Waals surface area contributed by atoms with Crippen molar-refractivity contribution in [1.29, 1.82) is 0 Å². The Morgan fingerprint density at radius 2 is 1.91 bits per heavy atom. The monoisotopic (exact) mass is 539 g/mol. The number of benzene rings is 3. The molecule has 34 heavy (non-hydrogen) atoms. The first kappa shape index (κ1) is 23.7. The summed E-state index contributed by atoms with van der Waals surface area (Å²) in [4.78, 5) is 12.3. The number of thioether (sulfide) groups is 1. The smallest absolute Gasteiger partial charge is 0.250 e. The molecule has 0 radical (unpaired) electrons. The first-order valence-electron chi connectivity index (χ1n) is 10.1. The third-order valence-corrected chi connectivity index (χ3v) is 6.10. The van der Waals surface area contributed by atoms with Crippen LogP contribution in [0.5, 0.6) is 5.75 Å². The standard InChI is InChI=1S/C24H19BrFN5O2S/c1-33-20-10-7-16(8-11-20)23-29-30-24(31(23)19-5-3-2-4-6-19)34-15-22(32)28-27-14-17-13-18(25)9-12-21(17)26/h2-14H,15H2,1H3,(H,28,32). The van der Waals surface area contributed by atoms with Crippen molar-refractivity contribution >= 4 is 39.8 Å². The minimum Gasteiger partial charge on any atom is -0.497 e. The number of nitrogens with zero attached hydrogens (tertiary/aromatic N) is 4. The molecule has 3 aromatic carbocycles. The van der Waals surface area contributed by atoms with E-state index >= 15 is 0 Å². The molecule has 0 fully saturated rings. The molecule has 0 saturated carbocycles. The van der Waals surface area contributed by atoms with Crippen molar-refractivity contribution < 1.29 is 13.9 Å². The highest BCUT2D eigenvalue weighted by Crippen LogP contribution is 2.29. The average molecular weight is 540 g/mol. The quantitative estimate of drug-likeness (QED) is 0.191. The predicted molar refractivity (Wildman–Crippen MR) is 134 cm³/mol. The number of rotatable bonds is 8. The van der Waals surface area contributed by atoms with Crippen molar-refractivity contribution in [1.82, 2.24) is 20.2 Å². The lowest BCUT2D eigenvalue weighted by molar-refractivity contribution is -0.118. The van der Waals surface area contributed by atoms with Crippen LogP contribution in [0, 0.1) is 5.82 Å². The molecular formula is C24H19BrFN5O2S. The lowest BCUT2D eigenvalue weighted by Gasteiger charge is -2.10. The van der Waals surface area contributed by atoms with E-state index in [4.69, 9.17) is 4.74 Å². The molecule has 0 aliphatic rings. The Balaban J connectivity index is 1.50. The number of ether oxygens (including phenoxy) is 1. The van der Waals surface area contributed by atoms with Gasteiger partial charge in [-0.1, -0.05) is 45.9 Å². The molecule has 172 valence electrons. The zero-order valence-corrected chi connectivity index (χ0v) is 20.4. The number of carbonyl (C=O) groups excluding carboxylic acids is 1. The molecule has 1 aromatic heterocycles. The second kappa shape index (κ2) is 11.1. The van der Waals surface area contributed by atoms with Crippen LogP contribution in [0.4, 0.5) is 4.39 Å². The summed E-state index contributed by atoms with van der Waals surface area (Å²) < 4.78 is 21.6. The van der Waals surface area contributed by atoms with Crippen molar-refractivity contribution in [3.05, 3.63) is 88.6 Å². The fraction of sp³-hybridized carbons (Fsp3) is 0.0833. The molecule has 1 heterocycles. The van der Waals surface area contributed by atoms with Gasteiger partial charge in [0.05, 0.1) is 19.1 Å². The molecule has 0 saturated heterocycles. The van der Waals surface area contributed by atoms with Crippen LogP contribution in [-0.2, 0) is 4.79 Å². The number of methoxy groups -OCH3 is 1. The number of aromatic nitrogens is 3. The normalized spacial score (nSPS) is 11.0. The van der Waals surface area contributed by atoms with E-state index in [2.05, 4.69) is 36.7 Å². The van der Waals surface area contributed by atoms with Crippen LogP contribution in [0.3, 0.4) is 0 Å². The SMILES string of the molecule is COc1ccc(-c2nnc(SCC(=O)NN=Cc3cc(Br)ccc3F)n2-c2ccccc2)cc1. The number of carbonyl (C=O) groups is 1. The maximum Gasteiger partial charge on any atom is 0.250 e. The molecule has 0 atom stereocenters. The van der Waals surface area contributed by atoms with Gasteiger partial charge in [-0.05, 0) is 54.6 Å². The van der Waals surface area contributed by atoms with Crippen molar-refractivity contribution in [3.8, 4) is 22.8 Å². The average Bonchev–Trinajstić information content (AvgIpc) is 3.29. The van der Waals surface area contributed by atoms with E-state index in [1.165, 1.54) is 24.0 Å². The summed E-state index contributed by atoms with van der Waals surface area (Å²) in [5.74, 6) is 0.637. The first-order valence-corrected chi connectivity index (χ1v) is 11.9. The molecule has 7 nitrogen and oxygen atoms in total. The molecule has 10 heteroatoms. The topological polar surface area (TPSA) is 81.4 Å². The number of nitrogens with one attached hydrogen (secondary N) is 1. The van der Waals surface area contributed by atoms with Gasteiger partial charge >= 0.3 is 0 Å². The highest BCUT2D eigenvalue weighted by Gasteiger charge is 2.17. The summed E-state index contributed by atoms with van der Waals surface area (Å²) in [5.41, 5.74) is 4.40. The molecule has 0 aliphatic heterocycles. The molecular weight excluding hydrogens is 521 g/mol. The van der Waals surface area contributed by atoms with Gasteiger partial charge < -0.3 is 4.74 Å². The summed E-state index contributed by atoms with van der Waals surface area (Å²) in [6.07, 6.45) is 1.26. The van der Waals surface area contributed by atoms with Gasteiger partial charge in [0, 0.05) is 21.3 Å². The molecule has 0 bridgehead atoms. The fourth-order valence-electron chi connectivity index (χ4n) is 3.05. The van der Waals surface area contributed by atoms with E-state index in [0.29, 0.717) is 15.5 Å². The third kappa shape index (κ3) is 5.70. The number of para-hydroxylation sites is 1. The fourth-order valence-corrected chi connectivity index (χ4v) is 4.17. The Morgan fingerprint density at radius 3 is 2.65 bits per heavy atom. The lowest BCUT2D eigenvalue weighted by atomic mass is 10.2. The molecule has 0 aliphatic carbocycles. The minimum atomic E-state index is -0.433. The van der Waals surface area contributed by atoms with Gasteiger partial charge in [-0.25, -0.2) is 9.82 Å². The van der Waals surface area contributed by atoms with E-state index < -0.39 is 5.82 Å². The molecule has 4 aromatic rings. The highest BCUT2D eigenvalue weighted by molar-refractivity contribution is 9.10. The Kier molecular flexibility index (Phi) is 7.71. The third-order valence-electron chi connectivity index (χ3n) is 4.68. The van der Waals surface area contributed by atoms with Gasteiger partial charge in [-0.15, -0.1) is 10.2 Å². The molecule has 4 rings (SSSR count). The summed E-state index contributed by atoms with van der Waals surface area (Å²) in [5, 5.41) is 13.1. The highest BCUT2D eigenvalue weighted by atomic mass is 79.9. The maximum absolute atomic E-state index is 13.8. The second-order valence-electron chi connectivity index (χ2n) is 6.95. The Hall–Kier alpha value is -3.50. The van der Waals surface area contributed by atoms with Crippen molar-refractivity contribution in [2.45, 2.75) is 5.16 Å². The summed E-state index contributed by atoms with van der Waals surface area (Å²) in [6, 6.07) is 21.6. The van der Waals surface area contributed by atoms with E-state index in [1.807, 2.05) is 59.2 Å². The minimum absolute atomic E-state index is 0.0475. The Bertz CT molecular complexity index is 1310. The number of halogens is 2. The molecule has 1 amide bonds. The number of amides is 1. The molecule has 0 spiro atoms. The largest absolute Gasteiger partial charge is 0.497 e. The summed E-state index contributed by atoms with van der Waals surface area (Å²) >= 11 is 4.50. The van der Waals surface area contributed by atoms with Crippen LogP contribution >= 0.6 is 27.7 Å². The van der Waals surface area contributed by atoms with Crippen LogP contribution in [0.25, 0.3) is 17.1 Å². The van der Waals surface area contributed by atoms with Crippen LogP contribution in [0.2, 0.25) is 0 Å². The van der Waals surface area contributed by atoms with Crippen LogP contribution in [0.15, 0.2) is 87.5 Å². The number of hydrogen-bond donors (Lipinski definition) is 1. The van der Waals surface area contributed by atoms with Gasteiger partial charge in [0.2, 0.25) is 0 Å². The predicted octanol–water partition coefficient (Wildman–Crippen LogP) is 5.09. The summed E-state index contributed by atoms with van der Waals surface area (Å²) in [7, 11) is 1.61. The van der Waals surface area contributed by atoms with Gasteiger partial charge in [0.15, 0.2) is 11.0 Å². The number of hydrogen-bond acceptors (Lipinski definition) is 6. The van der Waals surface area contributed by atoms with Crippen LogP contribution in [-0.4, -0.2) is 39.7 Å². The first-order chi connectivity index (χ1) is 16.5. The van der Waals surface area contributed by atoms with E-state index in [-0.39, 0.29) is 17.2 Å². The maximum atomic E-state index is 13.8.